The van der Waals surface area contributed by atoms with Crippen molar-refractivity contribution in [1.82, 2.24) is 4.31 Å². The van der Waals surface area contributed by atoms with E-state index >= 15 is 0 Å². The maximum atomic E-state index is 12.4. The van der Waals surface area contributed by atoms with Crippen molar-refractivity contribution < 1.29 is 8.42 Å². The van der Waals surface area contributed by atoms with E-state index in [9.17, 15) is 8.42 Å². The van der Waals surface area contributed by atoms with E-state index in [1.165, 1.54) is 40.9 Å². The lowest BCUT2D eigenvalue weighted by Crippen LogP contribution is -2.26. The normalized spacial score (nSPS) is 11.5. The molecule has 1 aromatic heterocycles. The van der Waals surface area contributed by atoms with Crippen molar-refractivity contribution in [2.75, 3.05) is 7.05 Å². The van der Waals surface area contributed by atoms with Crippen molar-refractivity contribution in [3.8, 4) is 6.07 Å². The average molecular weight is 327 g/mol. The van der Waals surface area contributed by atoms with Gasteiger partial charge in [-0.1, -0.05) is 17.7 Å². The summed E-state index contributed by atoms with van der Waals surface area (Å²) in [7, 11) is -2.10. The molecular weight excluding hydrogens is 316 g/mol. The Morgan fingerprint density at radius 3 is 2.70 bits per heavy atom. The Morgan fingerprint density at radius 1 is 1.40 bits per heavy atom. The summed E-state index contributed by atoms with van der Waals surface area (Å²) in [5.74, 6) is 0. The van der Waals surface area contributed by atoms with E-state index in [1.54, 1.807) is 0 Å². The summed E-state index contributed by atoms with van der Waals surface area (Å²) in [5, 5.41) is 10.8. The van der Waals surface area contributed by atoms with E-state index in [0.717, 1.165) is 4.88 Å². The Bertz CT molecular complexity index is 749. The highest BCUT2D eigenvalue weighted by Crippen LogP contribution is 2.23. The highest BCUT2D eigenvalue weighted by Gasteiger charge is 2.22. The molecule has 0 radical (unpaired) electrons. The van der Waals surface area contributed by atoms with Gasteiger partial charge >= 0.3 is 0 Å². The van der Waals surface area contributed by atoms with Crippen molar-refractivity contribution >= 4 is 33.0 Å². The molecule has 0 fully saturated rings. The maximum Gasteiger partial charge on any atom is 0.243 e. The minimum atomic E-state index is -3.62. The van der Waals surface area contributed by atoms with E-state index in [1.807, 2.05) is 23.6 Å². The van der Waals surface area contributed by atoms with Crippen molar-refractivity contribution in [3.63, 3.8) is 0 Å². The Labute approximate surface area is 126 Å². The molecule has 20 heavy (non-hydrogen) atoms. The first kappa shape index (κ1) is 15.0. The number of rotatable bonds is 4. The first-order valence-electron chi connectivity index (χ1n) is 5.63. The fourth-order valence-electron chi connectivity index (χ4n) is 1.63. The number of thiophene rings is 1. The summed E-state index contributed by atoms with van der Waals surface area (Å²) < 4.78 is 26.1. The third-order valence-corrected chi connectivity index (χ3v) is 5.70. The van der Waals surface area contributed by atoms with Crippen LogP contribution in [-0.2, 0) is 16.6 Å². The van der Waals surface area contributed by atoms with Crippen molar-refractivity contribution in [2.24, 2.45) is 0 Å². The van der Waals surface area contributed by atoms with Gasteiger partial charge in [0, 0.05) is 18.5 Å². The molecule has 0 unspecified atom stereocenters. The second-order valence-electron chi connectivity index (χ2n) is 4.09. The predicted molar refractivity (Wildman–Crippen MR) is 79.1 cm³/mol. The lowest BCUT2D eigenvalue weighted by molar-refractivity contribution is 0.469. The van der Waals surface area contributed by atoms with Gasteiger partial charge in [-0.2, -0.15) is 9.57 Å². The highest BCUT2D eigenvalue weighted by molar-refractivity contribution is 7.89. The predicted octanol–water partition coefficient (Wildman–Crippen LogP) is 3.09. The van der Waals surface area contributed by atoms with Gasteiger partial charge in [-0.05, 0) is 29.6 Å². The van der Waals surface area contributed by atoms with Crippen LogP contribution in [0.4, 0.5) is 0 Å². The number of hydrogen-bond acceptors (Lipinski definition) is 4. The van der Waals surface area contributed by atoms with Crippen LogP contribution >= 0.6 is 22.9 Å². The molecule has 0 saturated carbocycles. The van der Waals surface area contributed by atoms with E-state index in [2.05, 4.69) is 0 Å². The van der Waals surface area contributed by atoms with Crippen LogP contribution < -0.4 is 0 Å². The molecule has 2 aromatic rings. The molecule has 0 atom stereocenters. The molecule has 0 spiro atoms. The second kappa shape index (κ2) is 5.94. The van der Waals surface area contributed by atoms with Crippen LogP contribution in [0.5, 0.6) is 0 Å². The first-order chi connectivity index (χ1) is 9.45. The zero-order valence-corrected chi connectivity index (χ0v) is 13.0. The van der Waals surface area contributed by atoms with E-state index in [0.29, 0.717) is 6.54 Å². The number of benzene rings is 1. The SMILES string of the molecule is CN(Cc1cccs1)S(=O)(=O)c1ccc(C#N)c(Cl)c1. The fourth-order valence-corrected chi connectivity index (χ4v) is 3.94. The molecule has 1 aromatic carbocycles. The lowest BCUT2D eigenvalue weighted by atomic mass is 10.2. The summed E-state index contributed by atoms with van der Waals surface area (Å²) in [5.41, 5.74) is 0.256. The third-order valence-electron chi connectivity index (χ3n) is 2.73. The van der Waals surface area contributed by atoms with Crippen molar-refractivity contribution in [1.29, 1.82) is 5.26 Å². The first-order valence-corrected chi connectivity index (χ1v) is 8.33. The molecule has 0 aliphatic carbocycles. The standard InChI is InChI=1S/C13H11ClN2O2S2/c1-16(9-11-3-2-6-19-11)20(17,18)12-5-4-10(8-15)13(14)7-12/h2-7H,9H2,1H3. The largest absolute Gasteiger partial charge is 0.243 e. The van der Waals surface area contributed by atoms with Crippen LogP contribution in [0, 0.1) is 11.3 Å². The molecule has 1 heterocycles. The summed E-state index contributed by atoms with van der Waals surface area (Å²) >= 11 is 7.38. The summed E-state index contributed by atoms with van der Waals surface area (Å²) in [6, 6.07) is 9.76. The Hall–Kier alpha value is -1.39. The number of halogens is 1. The van der Waals surface area contributed by atoms with Crippen LogP contribution in [0.3, 0.4) is 0 Å². The highest BCUT2D eigenvalue weighted by atomic mass is 35.5. The Kier molecular flexibility index (Phi) is 4.45. The van der Waals surface area contributed by atoms with Gasteiger partial charge in [0.05, 0.1) is 15.5 Å². The van der Waals surface area contributed by atoms with Gasteiger partial charge in [0.2, 0.25) is 10.0 Å². The Morgan fingerprint density at radius 2 is 2.15 bits per heavy atom. The van der Waals surface area contributed by atoms with Crippen LogP contribution in [0.15, 0.2) is 40.6 Å². The van der Waals surface area contributed by atoms with E-state index in [4.69, 9.17) is 16.9 Å². The van der Waals surface area contributed by atoms with E-state index in [-0.39, 0.29) is 15.5 Å². The number of hydrogen-bond donors (Lipinski definition) is 0. The molecule has 0 N–H and O–H groups in total. The number of sulfonamides is 1. The fraction of sp³-hybridized carbons (Fsp3) is 0.154. The average Bonchev–Trinajstić information content (AvgIpc) is 2.91. The van der Waals surface area contributed by atoms with Gasteiger partial charge in [-0.25, -0.2) is 8.42 Å². The van der Waals surface area contributed by atoms with Gasteiger partial charge in [-0.15, -0.1) is 11.3 Å². The zero-order valence-electron chi connectivity index (χ0n) is 10.6. The smallest absolute Gasteiger partial charge is 0.207 e. The quantitative estimate of drug-likeness (QED) is 0.867. The number of nitriles is 1. The summed E-state index contributed by atoms with van der Waals surface area (Å²) in [4.78, 5) is 1.04. The van der Waals surface area contributed by atoms with Gasteiger partial charge in [0.15, 0.2) is 0 Å². The van der Waals surface area contributed by atoms with Gasteiger partial charge in [0.1, 0.15) is 6.07 Å². The number of nitrogens with zero attached hydrogens (tertiary/aromatic N) is 2. The molecule has 104 valence electrons. The molecule has 0 aliphatic rings. The second-order valence-corrected chi connectivity index (χ2v) is 7.58. The Balaban J connectivity index is 2.30. The molecule has 0 bridgehead atoms. The third kappa shape index (κ3) is 3.02. The summed E-state index contributed by atoms with van der Waals surface area (Å²) in [6.45, 7) is 0.303. The monoisotopic (exact) mass is 326 g/mol. The van der Waals surface area contributed by atoms with Crippen LogP contribution in [-0.4, -0.2) is 19.8 Å². The minimum absolute atomic E-state index is 0.0838. The van der Waals surface area contributed by atoms with Crippen molar-refractivity contribution in [3.05, 3.63) is 51.2 Å². The van der Waals surface area contributed by atoms with Crippen LogP contribution in [0.1, 0.15) is 10.4 Å². The molecule has 7 heteroatoms. The van der Waals surface area contributed by atoms with Gasteiger partial charge in [0.25, 0.3) is 0 Å². The zero-order chi connectivity index (χ0) is 14.8. The minimum Gasteiger partial charge on any atom is -0.207 e. The summed E-state index contributed by atoms with van der Waals surface area (Å²) in [6.07, 6.45) is 0. The molecular formula is C13H11ClN2O2S2. The maximum absolute atomic E-state index is 12.4. The molecule has 0 amide bonds. The van der Waals surface area contributed by atoms with Crippen molar-refractivity contribution in [2.45, 2.75) is 11.4 Å². The van der Waals surface area contributed by atoms with E-state index < -0.39 is 10.0 Å². The lowest BCUT2D eigenvalue weighted by Gasteiger charge is -2.16. The molecule has 0 aliphatic heterocycles. The molecule has 2 rings (SSSR count). The van der Waals surface area contributed by atoms with Crippen LogP contribution in [0.25, 0.3) is 0 Å². The van der Waals surface area contributed by atoms with Gasteiger partial charge < -0.3 is 0 Å². The molecule has 0 saturated heterocycles. The van der Waals surface area contributed by atoms with Gasteiger partial charge in [-0.3, -0.25) is 0 Å². The van der Waals surface area contributed by atoms with Crippen LogP contribution in [0.2, 0.25) is 5.02 Å². The molecule has 4 nitrogen and oxygen atoms in total. The topological polar surface area (TPSA) is 61.2 Å².